The minimum absolute atomic E-state index is 0.0739. The SMILES string of the molecule is CC(C)CCN1C(=O)C(C2=NS(=O)(=O)c3cc(NS(C)(=O)=O)ccc3N2)C(=O)[C@@H]2[C@H]3CC[C@H](C3)[C@@H]21. The number of sulfonamides is 2. The molecule has 2 aliphatic carbocycles. The molecule has 1 aromatic rings. The summed E-state index contributed by atoms with van der Waals surface area (Å²) < 4.78 is 55.3. The molecule has 10 nitrogen and oxygen atoms in total. The number of Topliss-reactive ketones (excluding diaryl/α,β-unsaturated/α-hetero) is 1. The molecule has 0 radical (unpaired) electrons. The summed E-state index contributed by atoms with van der Waals surface area (Å²) >= 11 is 0. The summed E-state index contributed by atoms with van der Waals surface area (Å²) in [5.41, 5.74) is 0.225. The Morgan fingerprint density at radius 3 is 2.60 bits per heavy atom. The van der Waals surface area contributed by atoms with Crippen LogP contribution in [0, 0.1) is 29.6 Å². The fraction of sp³-hybridized carbons (Fsp3) is 0.609. The number of hydrogen-bond donors (Lipinski definition) is 2. The molecule has 5 rings (SSSR count). The van der Waals surface area contributed by atoms with Gasteiger partial charge in [-0.15, -0.1) is 4.40 Å². The van der Waals surface area contributed by atoms with Crippen LogP contribution in [0.4, 0.5) is 11.4 Å². The molecule has 1 unspecified atom stereocenters. The van der Waals surface area contributed by atoms with E-state index >= 15 is 0 Å². The van der Waals surface area contributed by atoms with Gasteiger partial charge in [-0.05, 0) is 61.6 Å². The van der Waals surface area contributed by atoms with Gasteiger partial charge < -0.3 is 10.2 Å². The van der Waals surface area contributed by atoms with Gasteiger partial charge in [0.05, 0.1) is 11.9 Å². The summed E-state index contributed by atoms with van der Waals surface area (Å²) in [6, 6.07) is 3.88. The van der Waals surface area contributed by atoms with Crippen LogP contribution in [-0.4, -0.2) is 58.1 Å². The van der Waals surface area contributed by atoms with Gasteiger partial charge in [-0.25, -0.2) is 8.42 Å². The molecule has 2 aliphatic heterocycles. The van der Waals surface area contributed by atoms with Gasteiger partial charge in [0.15, 0.2) is 11.7 Å². The number of carbonyl (C=O) groups is 2. The number of anilines is 2. The highest BCUT2D eigenvalue weighted by atomic mass is 32.2. The summed E-state index contributed by atoms with van der Waals surface area (Å²) in [6.07, 6.45) is 4.65. The maximum Gasteiger partial charge on any atom is 0.286 e. The smallest absolute Gasteiger partial charge is 0.286 e. The predicted molar refractivity (Wildman–Crippen MR) is 131 cm³/mol. The first-order valence-electron chi connectivity index (χ1n) is 11.9. The van der Waals surface area contributed by atoms with Gasteiger partial charge >= 0.3 is 0 Å². The molecule has 2 heterocycles. The Bertz CT molecular complexity index is 1340. The van der Waals surface area contributed by atoms with E-state index in [1.165, 1.54) is 18.2 Å². The first-order valence-corrected chi connectivity index (χ1v) is 15.3. The molecule has 4 aliphatic rings. The molecule has 12 heteroatoms. The van der Waals surface area contributed by atoms with E-state index in [1.807, 2.05) is 4.90 Å². The number of carbonyl (C=O) groups excluding carboxylic acids is 2. The van der Waals surface area contributed by atoms with Gasteiger partial charge in [0.1, 0.15) is 10.7 Å². The minimum Gasteiger partial charge on any atom is -0.341 e. The van der Waals surface area contributed by atoms with E-state index in [-0.39, 0.29) is 51.7 Å². The molecule has 0 spiro atoms. The molecule has 2 N–H and O–H groups in total. The fourth-order valence-electron chi connectivity index (χ4n) is 6.23. The van der Waals surface area contributed by atoms with Gasteiger partial charge in [-0.1, -0.05) is 13.8 Å². The van der Waals surface area contributed by atoms with Crippen molar-refractivity contribution in [3.8, 4) is 0 Å². The second-order valence-corrected chi connectivity index (χ2v) is 13.9. The molecule has 2 saturated carbocycles. The number of nitrogens with zero attached hydrogens (tertiary/aromatic N) is 2. The molecule has 2 bridgehead atoms. The van der Waals surface area contributed by atoms with Crippen LogP contribution in [0.15, 0.2) is 27.5 Å². The van der Waals surface area contributed by atoms with E-state index < -0.39 is 26.0 Å². The average molecular weight is 523 g/mol. The second kappa shape index (κ2) is 8.29. The van der Waals surface area contributed by atoms with Crippen LogP contribution in [0.1, 0.15) is 39.5 Å². The number of likely N-dealkylation sites (tertiary alicyclic amines) is 1. The number of piperidine rings is 1. The van der Waals surface area contributed by atoms with E-state index in [0.717, 1.165) is 31.9 Å². The zero-order valence-electron chi connectivity index (χ0n) is 19.9. The summed E-state index contributed by atoms with van der Waals surface area (Å²) in [5.74, 6) is -1.48. The Labute approximate surface area is 205 Å². The van der Waals surface area contributed by atoms with E-state index in [1.54, 1.807) is 0 Å². The third kappa shape index (κ3) is 4.24. The van der Waals surface area contributed by atoms with Crippen molar-refractivity contribution in [2.24, 2.45) is 34.0 Å². The van der Waals surface area contributed by atoms with Gasteiger partial charge in [0, 0.05) is 24.2 Å². The highest BCUT2D eigenvalue weighted by molar-refractivity contribution is 7.92. The predicted octanol–water partition coefficient (Wildman–Crippen LogP) is 2.06. The number of rotatable bonds is 6. The second-order valence-electron chi connectivity index (χ2n) is 10.6. The van der Waals surface area contributed by atoms with Crippen LogP contribution in [0.3, 0.4) is 0 Å². The highest BCUT2D eigenvalue weighted by Crippen LogP contribution is 2.54. The number of amides is 1. The highest BCUT2D eigenvalue weighted by Gasteiger charge is 2.60. The zero-order chi connectivity index (χ0) is 25.3. The van der Waals surface area contributed by atoms with Crippen molar-refractivity contribution in [2.45, 2.75) is 50.5 Å². The summed E-state index contributed by atoms with van der Waals surface area (Å²) in [5, 5.41) is 2.91. The Balaban J connectivity index is 1.51. The summed E-state index contributed by atoms with van der Waals surface area (Å²) in [4.78, 5) is 29.0. The van der Waals surface area contributed by atoms with Crippen molar-refractivity contribution in [1.82, 2.24) is 4.90 Å². The summed E-state index contributed by atoms with van der Waals surface area (Å²) in [7, 11) is -7.88. The lowest BCUT2D eigenvalue weighted by atomic mass is 9.73. The number of ketones is 1. The molecule has 5 atom stereocenters. The molecule has 1 saturated heterocycles. The number of fused-ring (bicyclic) bond motifs is 6. The number of benzene rings is 1. The van der Waals surface area contributed by atoms with E-state index in [9.17, 15) is 26.4 Å². The maximum atomic E-state index is 13.7. The van der Waals surface area contributed by atoms with Crippen molar-refractivity contribution in [1.29, 1.82) is 0 Å². The molecule has 3 fully saturated rings. The van der Waals surface area contributed by atoms with E-state index in [0.29, 0.717) is 18.4 Å². The van der Waals surface area contributed by atoms with Gasteiger partial charge in [-0.2, -0.15) is 8.42 Å². The third-order valence-corrected chi connectivity index (χ3v) is 9.58. The first kappa shape index (κ1) is 24.2. The van der Waals surface area contributed by atoms with Crippen LogP contribution < -0.4 is 10.0 Å². The van der Waals surface area contributed by atoms with Gasteiger partial charge in [0.2, 0.25) is 15.9 Å². The van der Waals surface area contributed by atoms with Gasteiger partial charge in [0.25, 0.3) is 10.0 Å². The average Bonchev–Trinajstić information content (AvgIpc) is 3.35. The topological polar surface area (TPSA) is 142 Å². The van der Waals surface area contributed by atoms with Crippen LogP contribution >= 0.6 is 0 Å². The van der Waals surface area contributed by atoms with Crippen molar-refractivity contribution in [2.75, 3.05) is 22.8 Å². The minimum atomic E-state index is -4.27. The van der Waals surface area contributed by atoms with Crippen LogP contribution in [0.2, 0.25) is 0 Å². The molecule has 0 aromatic heterocycles. The standard InChI is InChI=1S/C23H30N4O6S2/c1-12(2)8-9-27-20-14-5-4-13(10-14)18(20)21(28)19(23(27)29)22-24-16-7-6-15(25-34(3,30)31)11-17(16)35(32,33)26-22/h6-7,11-14,18-20,25H,4-5,8-10H2,1-3H3,(H,24,26)/t13-,14+,18+,19?,20-/m0/s1. The van der Waals surface area contributed by atoms with Crippen molar-refractivity contribution in [3.05, 3.63) is 18.2 Å². The molecule has 1 aromatic carbocycles. The zero-order valence-corrected chi connectivity index (χ0v) is 21.5. The number of nitrogens with one attached hydrogen (secondary N) is 2. The lowest BCUT2D eigenvalue weighted by Crippen LogP contribution is -2.62. The fourth-order valence-corrected chi connectivity index (χ4v) is 7.96. The Kier molecular flexibility index (Phi) is 5.74. The first-order chi connectivity index (χ1) is 16.4. The van der Waals surface area contributed by atoms with Crippen LogP contribution in [0.5, 0.6) is 0 Å². The van der Waals surface area contributed by atoms with Crippen LogP contribution in [-0.2, 0) is 29.6 Å². The maximum absolute atomic E-state index is 13.7. The van der Waals surface area contributed by atoms with Crippen molar-refractivity contribution >= 4 is 48.9 Å². The number of hydrogen-bond acceptors (Lipinski definition) is 7. The molecular formula is C23H30N4O6S2. The van der Waals surface area contributed by atoms with Crippen LogP contribution in [0.25, 0.3) is 0 Å². The lowest BCUT2D eigenvalue weighted by molar-refractivity contribution is -0.152. The Morgan fingerprint density at radius 1 is 1.20 bits per heavy atom. The molecule has 190 valence electrons. The normalized spacial score (nSPS) is 31.1. The Hall–Kier alpha value is -2.47. The largest absolute Gasteiger partial charge is 0.341 e. The monoisotopic (exact) mass is 522 g/mol. The summed E-state index contributed by atoms with van der Waals surface area (Å²) in [6.45, 7) is 4.69. The lowest BCUT2D eigenvalue weighted by Gasteiger charge is -2.46. The van der Waals surface area contributed by atoms with Crippen molar-refractivity contribution < 1.29 is 26.4 Å². The number of amidine groups is 1. The molecule has 1 amide bonds. The quantitative estimate of drug-likeness (QED) is 0.545. The molecular weight excluding hydrogens is 492 g/mol. The molecule has 35 heavy (non-hydrogen) atoms. The Morgan fingerprint density at radius 2 is 1.91 bits per heavy atom. The third-order valence-electron chi connectivity index (χ3n) is 7.64. The van der Waals surface area contributed by atoms with Crippen molar-refractivity contribution in [3.63, 3.8) is 0 Å². The van der Waals surface area contributed by atoms with E-state index in [2.05, 4.69) is 28.3 Å². The van der Waals surface area contributed by atoms with E-state index in [4.69, 9.17) is 0 Å². The van der Waals surface area contributed by atoms with Gasteiger partial charge in [-0.3, -0.25) is 14.3 Å².